The van der Waals surface area contributed by atoms with E-state index in [2.05, 4.69) is 4.98 Å². The van der Waals surface area contributed by atoms with Gasteiger partial charge >= 0.3 is 0 Å². The number of benzene rings is 1. The Balaban J connectivity index is 0.00000242. The van der Waals surface area contributed by atoms with Crippen LogP contribution in [0.25, 0.3) is 0 Å². The number of nitrogens with zero attached hydrogens (tertiary/aromatic N) is 2. The first-order chi connectivity index (χ1) is 10.0. The molecule has 0 saturated heterocycles. The summed E-state index contributed by atoms with van der Waals surface area (Å²) in [4.78, 5) is 18.3. The van der Waals surface area contributed by atoms with Crippen molar-refractivity contribution >= 4 is 24.0 Å². The molecule has 0 saturated carbocycles. The molecule has 1 unspecified atom stereocenters. The van der Waals surface area contributed by atoms with Gasteiger partial charge in [-0.1, -0.05) is 12.1 Å². The van der Waals surface area contributed by atoms with E-state index in [1.54, 1.807) is 29.2 Å². The molecule has 1 aromatic heterocycles. The molecule has 1 amide bonds. The number of pyridine rings is 1. The Bertz CT molecular complexity index is 616. The third-order valence-electron chi connectivity index (χ3n) is 3.43. The second-order valence-corrected chi connectivity index (χ2v) is 4.80. The van der Waals surface area contributed by atoms with Gasteiger partial charge in [-0.2, -0.15) is 0 Å². The molecule has 118 valence electrons. The lowest BCUT2D eigenvalue weighted by Gasteiger charge is -2.28. The van der Waals surface area contributed by atoms with Gasteiger partial charge in [-0.3, -0.25) is 4.79 Å². The van der Waals surface area contributed by atoms with Crippen molar-refractivity contribution in [3.8, 4) is 0 Å². The topological polar surface area (TPSA) is 59.2 Å². The summed E-state index contributed by atoms with van der Waals surface area (Å²) in [5.41, 5.74) is 7.32. The zero-order chi connectivity index (χ0) is 15.4. The summed E-state index contributed by atoms with van der Waals surface area (Å²) < 4.78 is 13.0. The van der Waals surface area contributed by atoms with E-state index < -0.39 is 0 Å². The summed E-state index contributed by atoms with van der Waals surface area (Å²) in [5.74, 6) is -0.463. The summed E-state index contributed by atoms with van der Waals surface area (Å²) in [6.07, 6.45) is 1.46. The van der Waals surface area contributed by atoms with Crippen molar-refractivity contribution in [3.63, 3.8) is 0 Å². The SMILES string of the molecule is CCN(C(=O)c1ccc(N)cn1)C(C)c1ccc(F)cc1.Cl. The maximum atomic E-state index is 13.0. The first kappa shape index (κ1) is 17.9. The second kappa shape index (κ2) is 7.75. The standard InChI is InChI=1S/C16H18FN3O.ClH/c1-3-20(11(2)12-4-6-13(17)7-5-12)16(21)15-9-8-14(18)10-19-15;/h4-11H,3,18H2,1-2H3;1H. The maximum absolute atomic E-state index is 13.0. The quantitative estimate of drug-likeness (QED) is 0.937. The van der Waals surface area contributed by atoms with Gasteiger partial charge in [0.25, 0.3) is 5.91 Å². The van der Waals surface area contributed by atoms with Crippen LogP contribution in [0.3, 0.4) is 0 Å². The average Bonchev–Trinajstić information content (AvgIpc) is 2.49. The highest BCUT2D eigenvalue weighted by atomic mass is 35.5. The number of aromatic nitrogens is 1. The summed E-state index contributed by atoms with van der Waals surface area (Å²) in [7, 11) is 0. The van der Waals surface area contributed by atoms with Crippen LogP contribution in [0.5, 0.6) is 0 Å². The average molecular weight is 324 g/mol. The van der Waals surface area contributed by atoms with Crippen molar-refractivity contribution in [1.29, 1.82) is 0 Å². The molecule has 2 N–H and O–H groups in total. The van der Waals surface area contributed by atoms with Crippen LogP contribution in [0, 0.1) is 5.82 Å². The monoisotopic (exact) mass is 323 g/mol. The molecule has 1 heterocycles. The molecule has 22 heavy (non-hydrogen) atoms. The number of nitrogen functional groups attached to an aromatic ring is 1. The van der Waals surface area contributed by atoms with E-state index in [4.69, 9.17) is 5.73 Å². The maximum Gasteiger partial charge on any atom is 0.272 e. The van der Waals surface area contributed by atoms with E-state index in [-0.39, 0.29) is 30.2 Å². The molecule has 0 aliphatic rings. The number of carbonyl (C=O) groups is 1. The van der Waals surface area contributed by atoms with Gasteiger partial charge in [0, 0.05) is 6.54 Å². The van der Waals surface area contributed by atoms with E-state index >= 15 is 0 Å². The highest BCUT2D eigenvalue weighted by molar-refractivity contribution is 5.92. The Morgan fingerprint density at radius 3 is 2.41 bits per heavy atom. The predicted molar refractivity (Wildman–Crippen MR) is 87.4 cm³/mol. The number of rotatable bonds is 4. The minimum absolute atomic E-state index is 0. The third kappa shape index (κ3) is 3.95. The van der Waals surface area contributed by atoms with Crippen LogP contribution in [0.15, 0.2) is 42.6 Å². The normalized spacial score (nSPS) is 11.4. The fraction of sp³-hybridized carbons (Fsp3) is 0.250. The van der Waals surface area contributed by atoms with E-state index in [9.17, 15) is 9.18 Å². The molecule has 0 radical (unpaired) electrons. The first-order valence-corrected chi connectivity index (χ1v) is 6.81. The van der Waals surface area contributed by atoms with Gasteiger partial charge in [0.1, 0.15) is 11.5 Å². The van der Waals surface area contributed by atoms with E-state index in [0.29, 0.717) is 17.9 Å². The van der Waals surface area contributed by atoms with Crippen molar-refractivity contribution in [2.75, 3.05) is 12.3 Å². The van der Waals surface area contributed by atoms with Gasteiger partial charge in [0.2, 0.25) is 0 Å². The lowest BCUT2D eigenvalue weighted by Crippen LogP contribution is -2.34. The van der Waals surface area contributed by atoms with E-state index in [0.717, 1.165) is 5.56 Å². The molecule has 1 atom stereocenters. The van der Waals surface area contributed by atoms with Crippen LogP contribution in [0.2, 0.25) is 0 Å². The molecule has 6 heteroatoms. The smallest absolute Gasteiger partial charge is 0.272 e. The van der Waals surface area contributed by atoms with Crippen molar-refractivity contribution in [3.05, 3.63) is 59.7 Å². The van der Waals surface area contributed by atoms with Gasteiger partial charge in [0.05, 0.1) is 17.9 Å². The molecule has 0 spiro atoms. The number of carbonyl (C=O) groups excluding carboxylic acids is 1. The molecular formula is C16H19ClFN3O. The van der Waals surface area contributed by atoms with Crippen LogP contribution in [0.4, 0.5) is 10.1 Å². The summed E-state index contributed by atoms with van der Waals surface area (Å²) >= 11 is 0. The molecule has 0 bridgehead atoms. The Hall–Kier alpha value is -2.14. The second-order valence-electron chi connectivity index (χ2n) is 4.80. The molecule has 4 nitrogen and oxygen atoms in total. The lowest BCUT2D eigenvalue weighted by atomic mass is 10.1. The molecule has 0 fully saturated rings. The molecule has 1 aromatic carbocycles. The molecule has 2 rings (SSSR count). The van der Waals surface area contributed by atoms with Crippen LogP contribution >= 0.6 is 12.4 Å². The number of amides is 1. The Morgan fingerprint density at radius 1 is 1.27 bits per heavy atom. The number of anilines is 1. The van der Waals surface area contributed by atoms with Crippen LogP contribution in [-0.2, 0) is 0 Å². The molecular weight excluding hydrogens is 305 g/mol. The van der Waals surface area contributed by atoms with Crippen LogP contribution in [-0.4, -0.2) is 22.3 Å². The first-order valence-electron chi connectivity index (χ1n) is 6.81. The molecule has 0 aliphatic heterocycles. The fourth-order valence-corrected chi connectivity index (χ4v) is 2.19. The minimum Gasteiger partial charge on any atom is -0.397 e. The van der Waals surface area contributed by atoms with Crippen LogP contribution < -0.4 is 5.73 Å². The third-order valence-corrected chi connectivity index (χ3v) is 3.43. The largest absolute Gasteiger partial charge is 0.397 e. The van der Waals surface area contributed by atoms with Gasteiger partial charge in [0.15, 0.2) is 0 Å². The summed E-state index contributed by atoms with van der Waals surface area (Å²) in [5, 5.41) is 0. The predicted octanol–water partition coefficient (Wildman–Crippen LogP) is 3.45. The highest BCUT2D eigenvalue weighted by Gasteiger charge is 2.22. The van der Waals surface area contributed by atoms with Gasteiger partial charge in [-0.25, -0.2) is 9.37 Å². The summed E-state index contributed by atoms with van der Waals surface area (Å²) in [6.45, 7) is 4.34. The van der Waals surface area contributed by atoms with Crippen molar-refractivity contribution in [2.24, 2.45) is 0 Å². The van der Waals surface area contributed by atoms with E-state index in [1.165, 1.54) is 18.3 Å². The van der Waals surface area contributed by atoms with Crippen molar-refractivity contribution < 1.29 is 9.18 Å². The zero-order valence-corrected chi connectivity index (χ0v) is 13.3. The summed E-state index contributed by atoms with van der Waals surface area (Å²) in [6, 6.07) is 9.26. The zero-order valence-electron chi connectivity index (χ0n) is 12.5. The molecule has 2 aromatic rings. The van der Waals surface area contributed by atoms with E-state index in [1.807, 2.05) is 13.8 Å². The van der Waals surface area contributed by atoms with Crippen molar-refractivity contribution in [2.45, 2.75) is 19.9 Å². The fourth-order valence-electron chi connectivity index (χ4n) is 2.19. The minimum atomic E-state index is -0.291. The number of hydrogen-bond acceptors (Lipinski definition) is 3. The Labute approximate surface area is 135 Å². The Kier molecular flexibility index (Phi) is 6.31. The van der Waals surface area contributed by atoms with Gasteiger partial charge < -0.3 is 10.6 Å². The number of hydrogen-bond donors (Lipinski definition) is 1. The number of nitrogens with two attached hydrogens (primary N) is 1. The van der Waals surface area contributed by atoms with Gasteiger partial charge in [-0.05, 0) is 43.7 Å². The van der Waals surface area contributed by atoms with Crippen LogP contribution in [0.1, 0.15) is 35.9 Å². The molecule has 0 aliphatic carbocycles. The lowest BCUT2D eigenvalue weighted by molar-refractivity contribution is 0.0696. The van der Waals surface area contributed by atoms with Gasteiger partial charge in [-0.15, -0.1) is 12.4 Å². The number of halogens is 2. The van der Waals surface area contributed by atoms with Crippen molar-refractivity contribution in [1.82, 2.24) is 9.88 Å². The highest BCUT2D eigenvalue weighted by Crippen LogP contribution is 2.22. The Morgan fingerprint density at radius 2 is 1.91 bits per heavy atom.